The van der Waals surface area contributed by atoms with Crippen LogP contribution in [-0.2, 0) is 4.57 Å². The zero-order valence-corrected chi connectivity index (χ0v) is 10.3. The Bertz CT molecular complexity index is 372. The lowest BCUT2D eigenvalue weighted by Gasteiger charge is -2.20. The van der Waals surface area contributed by atoms with Gasteiger partial charge in [-0.25, -0.2) is 4.39 Å². The summed E-state index contributed by atoms with van der Waals surface area (Å²) < 4.78 is 25.5. The Balaban J connectivity index is 2.00. The van der Waals surface area contributed by atoms with Gasteiger partial charge in [0, 0.05) is 6.16 Å². The molecule has 0 heterocycles. The monoisotopic (exact) mass is 239 g/mol. The van der Waals surface area contributed by atoms with Crippen LogP contribution in [0.15, 0.2) is 24.3 Å². The van der Waals surface area contributed by atoms with Crippen LogP contribution in [0.1, 0.15) is 32.1 Å². The highest BCUT2D eigenvalue weighted by atomic mass is 31.1. The second-order valence-electron chi connectivity index (χ2n) is 4.52. The number of halogens is 1. The first kappa shape index (κ1) is 11.7. The fraction of sp³-hybridized carbons (Fsp3) is 0.538. The van der Waals surface area contributed by atoms with Gasteiger partial charge in [-0.05, 0) is 30.9 Å². The van der Waals surface area contributed by atoms with Crippen LogP contribution >= 0.6 is 7.80 Å². The van der Waals surface area contributed by atoms with Crippen molar-refractivity contribution in [1.29, 1.82) is 0 Å². The first-order valence-electron chi connectivity index (χ1n) is 5.96. The van der Waals surface area contributed by atoms with E-state index < -0.39 is 7.80 Å². The molecule has 1 fully saturated rings. The molecule has 0 N–H and O–H groups in total. The third-order valence-corrected chi connectivity index (χ3v) is 5.02. The lowest BCUT2D eigenvalue weighted by atomic mass is 9.91. The van der Waals surface area contributed by atoms with E-state index in [4.69, 9.17) is 0 Å². The van der Waals surface area contributed by atoms with Crippen molar-refractivity contribution in [2.24, 2.45) is 5.92 Å². The van der Waals surface area contributed by atoms with E-state index in [-0.39, 0.29) is 5.82 Å². The Hall–Kier alpha value is -0.750. The molecule has 1 radical (unpaired) electrons. The minimum Gasteiger partial charge on any atom is -0.282 e. The van der Waals surface area contributed by atoms with Crippen LogP contribution < -0.4 is 5.30 Å². The highest BCUT2D eigenvalue weighted by Gasteiger charge is 2.19. The van der Waals surface area contributed by atoms with Crippen molar-refractivity contribution in [3.63, 3.8) is 0 Å². The summed E-state index contributed by atoms with van der Waals surface area (Å²) in [5.74, 6) is 0.219. The van der Waals surface area contributed by atoms with E-state index in [0.29, 0.717) is 17.4 Å². The summed E-state index contributed by atoms with van der Waals surface area (Å²) in [6.07, 6.45) is 6.77. The highest BCUT2D eigenvalue weighted by molar-refractivity contribution is 7.53. The second kappa shape index (κ2) is 5.54. The van der Waals surface area contributed by atoms with E-state index in [1.807, 2.05) is 0 Å². The maximum atomic E-state index is 13.4. The Morgan fingerprint density at radius 1 is 1.19 bits per heavy atom. The first-order valence-corrected chi connectivity index (χ1v) is 7.41. The maximum absolute atomic E-state index is 13.4. The summed E-state index contributed by atoms with van der Waals surface area (Å²) in [7, 11) is -1.54. The summed E-state index contributed by atoms with van der Waals surface area (Å²) in [4.78, 5) is 0. The number of benzene rings is 1. The molecule has 1 aliphatic carbocycles. The van der Waals surface area contributed by atoms with E-state index >= 15 is 0 Å². The summed E-state index contributed by atoms with van der Waals surface area (Å²) in [6, 6.07) is 6.44. The highest BCUT2D eigenvalue weighted by Crippen LogP contribution is 2.32. The molecule has 0 amide bonds. The topological polar surface area (TPSA) is 17.1 Å². The molecular formula is C13H17FOP. The van der Waals surface area contributed by atoms with E-state index in [0.717, 1.165) is 12.8 Å². The van der Waals surface area contributed by atoms with Gasteiger partial charge >= 0.3 is 0 Å². The molecule has 87 valence electrons. The van der Waals surface area contributed by atoms with Crippen LogP contribution in [0.3, 0.4) is 0 Å². The molecule has 1 aromatic carbocycles. The number of hydrogen-bond acceptors (Lipinski definition) is 1. The van der Waals surface area contributed by atoms with E-state index in [9.17, 15) is 8.96 Å². The Labute approximate surface area is 96.9 Å². The predicted molar refractivity (Wildman–Crippen MR) is 65.1 cm³/mol. The van der Waals surface area contributed by atoms with Crippen molar-refractivity contribution in [2.75, 3.05) is 6.16 Å². The summed E-state index contributed by atoms with van der Waals surface area (Å²) >= 11 is 0. The Kier molecular flexibility index (Phi) is 4.06. The van der Waals surface area contributed by atoms with Crippen LogP contribution in [0.25, 0.3) is 0 Å². The van der Waals surface area contributed by atoms with E-state index in [1.165, 1.54) is 25.3 Å². The van der Waals surface area contributed by atoms with Crippen molar-refractivity contribution in [1.82, 2.24) is 0 Å². The van der Waals surface area contributed by atoms with E-state index in [1.54, 1.807) is 18.2 Å². The maximum Gasteiger partial charge on any atom is 0.137 e. The molecule has 2 rings (SSSR count). The summed E-state index contributed by atoms with van der Waals surface area (Å²) in [5, 5.41) is 0.406. The molecule has 0 spiro atoms. The molecule has 1 saturated carbocycles. The van der Waals surface area contributed by atoms with Crippen molar-refractivity contribution >= 4 is 13.1 Å². The van der Waals surface area contributed by atoms with E-state index in [2.05, 4.69) is 0 Å². The molecular weight excluding hydrogens is 222 g/mol. The van der Waals surface area contributed by atoms with Crippen LogP contribution in [-0.4, -0.2) is 6.16 Å². The largest absolute Gasteiger partial charge is 0.282 e. The quantitative estimate of drug-likeness (QED) is 0.732. The second-order valence-corrected chi connectivity index (χ2v) is 6.12. The van der Waals surface area contributed by atoms with Crippen molar-refractivity contribution in [3.05, 3.63) is 30.1 Å². The van der Waals surface area contributed by atoms with Gasteiger partial charge in [-0.3, -0.25) is 4.57 Å². The van der Waals surface area contributed by atoms with Crippen LogP contribution in [0, 0.1) is 11.7 Å². The summed E-state index contributed by atoms with van der Waals surface area (Å²) in [6.45, 7) is 0. The fourth-order valence-electron chi connectivity index (χ4n) is 2.36. The third-order valence-electron chi connectivity index (χ3n) is 3.27. The molecule has 1 aromatic rings. The summed E-state index contributed by atoms with van der Waals surface area (Å²) in [5.41, 5.74) is 0. The van der Waals surface area contributed by atoms with Gasteiger partial charge in [-0.1, -0.05) is 31.4 Å². The van der Waals surface area contributed by atoms with Gasteiger partial charge in [-0.2, -0.15) is 0 Å². The number of hydrogen-bond donors (Lipinski definition) is 0. The molecule has 1 unspecified atom stereocenters. The minimum absolute atomic E-state index is 0.320. The Morgan fingerprint density at radius 2 is 1.88 bits per heavy atom. The zero-order chi connectivity index (χ0) is 11.4. The van der Waals surface area contributed by atoms with Gasteiger partial charge in [0.05, 0.1) is 5.30 Å². The Morgan fingerprint density at radius 3 is 2.56 bits per heavy atom. The molecule has 0 saturated heterocycles. The van der Waals surface area contributed by atoms with Gasteiger partial charge in [0.2, 0.25) is 0 Å². The SMILES string of the molecule is O=[P](CC1CCCCC1)c1ccccc1F. The molecule has 0 aliphatic heterocycles. The van der Waals surface area contributed by atoms with Gasteiger partial charge in [0.15, 0.2) is 0 Å². The molecule has 1 aliphatic rings. The fourth-order valence-corrected chi connectivity index (χ4v) is 3.95. The lowest BCUT2D eigenvalue weighted by molar-refractivity contribution is 0.387. The molecule has 1 nitrogen and oxygen atoms in total. The van der Waals surface area contributed by atoms with Crippen molar-refractivity contribution in [3.8, 4) is 0 Å². The molecule has 1 atom stereocenters. The molecule has 0 bridgehead atoms. The standard InChI is InChI=1S/C13H17FOP/c14-12-8-4-5-9-13(12)16(15)10-11-6-2-1-3-7-11/h4-5,8-9,11H,1-3,6-7,10H2. The number of rotatable bonds is 3. The molecule has 0 aromatic heterocycles. The smallest absolute Gasteiger partial charge is 0.137 e. The molecule has 16 heavy (non-hydrogen) atoms. The van der Waals surface area contributed by atoms with Crippen LogP contribution in [0.4, 0.5) is 4.39 Å². The molecule has 3 heteroatoms. The first-order chi connectivity index (χ1) is 7.77. The predicted octanol–water partition coefficient (Wildman–Crippen LogP) is 3.86. The van der Waals surface area contributed by atoms with Gasteiger partial charge in [-0.15, -0.1) is 0 Å². The average molecular weight is 239 g/mol. The van der Waals surface area contributed by atoms with Crippen molar-refractivity contribution < 1.29 is 8.96 Å². The minimum atomic E-state index is -1.54. The van der Waals surface area contributed by atoms with Gasteiger partial charge < -0.3 is 0 Å². The zero-order valence-electron chi connectivity index (χ0n) is 9.36. The lowest BCUT2D eigenvalue weighted by Crippen LogP contribution is -2.12. The van der Waals surface area contributed by atoms with Gasteiger partial charge in [0.1, 0.15) is 13.6 Å². The van der Waals surface area contributed by atoms with Crippen LogP contribution in [0.2, 0.25) is 0 Å². The average Bonchev–Trinajstić information content (AvgIpc) is 2.31. The van der Waals surface area contributed by atoms with Crippen LogP contribution in [0.5, 0.6) is 0 Å². The normalized spacial score (nSPS) is 18.4. The third kappa shape index (κ3) is 2.89. The van der Waals surface area contributed by atoms with Gasteiger partial charge in [0.25, 0.3) is 0 Å². The van der Waals surface area contributed by atoms with Crippen molar-refractivity contribution in [2.45, 2.75) is 32.1 Å².